The first-order valence-electron chi connectivity index (χ1n) is 7.53. The number of piperazine rings is 1. The zero-order valence-corrected chi connectivity index (χ0v) is 13.1. The number of hydrogen-bond donors (Lipinski definition) is 2. The molecule has 0 aliphatic carbocycles. The number of carbonyl (C=O) groups is 2. The second kappa shape index (κ2) is 7.26. The molecule has 0 spiro atoms. The summed E-state index contributed by atoms with van der Waals surface area (Å²) in [6, 6.07) is 6.22. The van der Waals surface area contributed by atoms with Crippen LogP contribution in [0.2, 0.25) is 0 Å². The SMILES string of the molecule is Cc1cccc(N2CCN(C(=O)C(=O)NCCO)CC2)c1C. The van der Waals surface area contributed by atoms with Crippen LogP contribution in [-0.4, -0.2) is 61.2 Å². The van der Waals surface area contributed by atoms with Crippen molar-refractivity contribution in [2.24, 2.45) is 0 Å². The Kier molecular flexibility index (Phi) is 5.38. The Morgan fingerprint density at radius 3 is 2.50 bits per heavy atom. The lowest BCUT2D eigenvalue weighted by atomic mass is 10.1. The van der Waals surface area contributed by atoms with Gasteiger partial charge in [-0.25, -0.2) is 0 Å². The average molecular weight is 305 g/mol. The second-order valence-corrected chi connectivity index (χ2v) is 5.48. The van der Waals surface area contributed by atoms with E-state index in [1.807, 2.05) is 6.07 Å². The van der Waals surface area contributed by atoms with E-state index in [1.165, 1.54) is 16.8 Å². The molecule has 1 fully saturated rings. The van der Waals surface area contributed by atoms with Crippen LogP contribution in [0.4, 0.5) is 5.69 Å². The van der Waals surface area contributed by atoms with Gasteiger partial charge in [-0.05, 0) is 31.0 Å². The first kappa shape index (κ1) is 16.3. The summed E-state index contributed by atoms with van der Waals surface area (Å²) in [6.45, 7) is 6.60. The van der Waals surface area contributed by atoms with E-state index in [-0.39, 0.29) is 13.2 Å². The Balaban J connectivity index is 1.94. The zero-order chi connectivity index (χ0) is 16.1. The van der Waals surface area contributed by atoms with Gasteiger partial charge >= 0.3 is 11.8 Å². The van der Waals surface area contributed by atoms with Crippen LogP contribution in [0.5, 0.6) is 0 Å². The van der Waals surface area contributed by atoms with Crippen LogP contribution in [0.1, 0.15) is 11.1 Å². The number of aliphatic hydroxyl groups is 1. The van der Waals surface area contributed by atoms with Gasteiger partial charge in [-0.1, -0.05) is 12.1 Å². The molecule has 1 aromatic rings. The molecule has 0 atom stereocenters. The highest BCUT2D eigenvalue weighted by Gasteiger charge is 2.26. The Morgan fingerprint density at radius 2 is 1.86 bits per heavy atom. The molecular formula is C16H23N3O3. The molecule has 2 rings (SSSR count). The van der Waals surface area contributed by atoms with Crippen molar-refractivity contribution < 1.29 is 14.7 Å². The number of aryl methyl sites for hydroxylation is 1. The van der Waals surface area contributed by atoms with Crippen molar-refractivity contribution in [3.8, 4) is 0 Å². The Morgan fingerprint density at radius 1 is 1.18 bits per heavy atom. The van der Waals surface area contributed by atoms with Crippen LogP contribution in [0.25, 0.3) is 0 Å². The number of hydrogen-bond acceptors (Lipinski definition) is 4. The number of nitrogens with zero attached hydrogens (tertiary/aromatic N) is 2. The van der Waals surface area contributed by atoms with Gasteiger partial charge in [-0.2, -0.15) is 0 Å². The molecule has 2 amide bonds. The minimum Gasteiger partial charge on any atom is -0.395 e. The van der Waals surface area contributed by atoms with Gasteiger partial charge in [0.25, 0.3) is 0 Å². The molecule has 22 heavy (non-hydrogen) atoms. The number of anilines is 1. The van der Waals surface area contributed by atoms with E-state index in [0.29, 0.717) is 26.2 Å². The molecule has 0 saturated carbocycles. The number of rotatable bonds is 3. The van der Waals surface area contributed by atoms with Crippen molar-refractivity contribution in [3.05, 3.63) is 29.3 Å². The van der Waals surface area contributed by atoms with Crippen LogP contribution in [0, 0.1) is 13.8 Å². The van der Waals surface area contributed by atoms with E-state index in [9.17, 15) is 9.59 Å². The standard InChI is InChI=1S/C16H23N3O3/c1-12-4-3-5-14(13(12)2)18-7-9-19(10-8-18)16(22)15(21)17-6-11-20/h3-5,20H,6-11H2,1-2H3,(H,17,21). The van der Waals surface area contributed by atoms with Gasteiger partial charge in [0.1, 0.15) is 0 Å². The third-order valence-electron chi connectivity index (χ3n) is 4.08. The molecule has 120 valence electrons. The third kappa shape index (κ3) is 3.57. The largest absolute Gasteiger partial charge is 0.395 e. The molecule has 1 saturated heterocycles. The maximum absolute atomic E-state index is 12.0. The van der Waals surface area contributed by atoms with Crippen molar-refractivity contribution in [3.63, 3.8) is 0 Å². The van der Waals surface area contributed by atoms with E-state index < -0.39 is 11.8 Å². The van der Waals surface area contributed by atoms with Gasteiger partial charge in [-0.15, -0.1) is 0 Å². The van der Waals surface area contributed by atoms with E-state index in [2.05, 4.69) is 36.2 Å². The molecule has 0 unspecified atom stereocenters. The van der Waals surface area contributed by atoms with Gasteiger partial charge in [0.05, 0.1) is 6.61 Å². The number of nitrogens with one attached hydrogen (secondary N) is 1. The van der Waals surface area contributed by atoms with Crippen molar-refractivity contribution in [1.29, 1.82) is 0 Å². The Bertz CT molecular complexity index is 552. The molecule has 0 bridgehead atoms. The highest BCUT2D eigenvalue weighted by atomic mass is 16.3. The van der Waals surface area contributed by atoms with Crippen LogP contribution in [0.15, 0.2) is 18.2 Å². The maximum Gasteiger partial charge on any atom is 0.312 e. The normalized spacial score (nSPS) is 14.9. The second-order valence-electron chi connectivity index (χ2n) is 5.48. The molecule has 1 aliphatic rings. The van der Waals surface area contributed by atoms with Crippen molar-refractivity contribution >= 4 is 17.5 Å². The van der Waals surface area contributed by atoms with Crippen LogP contribution in [0.3, 0.4) is 0 Å². The van der Waals surface area contributed by atoms with Crippen molar-refractivity contribution in [1.82, 2.24) is 10.2 Å². The van der Waals surface area contributed by atoms with E-state index >= 15 is 0 Å². The highest BCUT2D eigenvalue weighted by Crippen LogP contribution is 2.23. The summed E-state index contributed by atoms with van der Waals surface area (Å²) in [7, 11) is 0. The number of amides is 2. The summed E-state index contributed by atoms with van der Waals surface area (Å²) in [5, 5.41) is 11.1. The fraction of sp³-hybridized carbons (Fsp3) is 0.500. The first-order valence-corrected chi connectivity index (χ1v) is 7.53. The minimum absolute atomic E-state index is 0.104. The number of aliphatic hydroxyl groups excluding tert-OH is 1. The van der Waals surface area contributed by atoms with Gasteiger partial charge < -0.3 is 20.2 Å². The van der Waals surface area contributed by atoms with E-state index in [1.54, 1.807) is 4.90 Å². The molecule has 6 nitrogen and oxygen atoms in total. The summed E-state index contributed by atoms with van der Waals surface area (Å²) in [5.74, 6) is -1.16. The number of carbonyl (C=O) groups excluding carboxylic acids is 2. The third-order valence-corrected chi connectivity index (χ3v) is 4.08. The molecule has 1 aromatic carbocycles. The van der Waals surface area contributed by atoms with Crippen molar-refractivity contribution in [2.45, 2.75) is 13.8 Å². The summed E-state index contributed by atoms with van der Waals surface area (Å²) in [6.07, 6.45) is 0. The van der Waals surface area contributed by atoms with Gasteiger partial charge in [-0.3, -0.25) is 9.59 Å². The van der Waals surface area contributed by atoms with Crippen LogP contribution >= 0.6 is 0 Å². The fourth-order valence-electron chi connectivity index (χ4n) is 2.62. The van der Waals surface area contributed by atoms with Gasteiger partial charge in [0, 0.05) is 38.4 Å². The number of benzene rings is 1. The summed E-state index contributed by atoms with van der Waals surface area (Å²) in [5.41, 5.74) is 3.69. The first-order chi connectivity index (χ1) is 10.5. The molecule has 2 N–H and O–H groups in total. The minimum atomic E-state index is -0.644. The predicted octanol–water partition coefficient (Wildman–Crippen LogP) is 0.0605. The lowest BCUT2D eigenvalue weighted by Crippen LogP contribution is -2.53. The summed E-state index contributed by atoms with van der Waals surface area (Å²) >= 11 is 0. The molecular weight excluding hydrogens is 282 g/mol. The smallest absolute Gasteiger partial charge is 0.312 e. The molecule has 0 radical (unpaired) electrons. The Hall–Kier alpha value is -2.08. The van der Waals surface area contributed by atoms with E-state index in [0.717, 1.165) is 0 Å². The Labute approximate surface area is 130 Å². The van der Waals surface area contributed by atoms with Crippen molar-refractivity contribution in [2.75, 3.05) is 44.2 Å². The summed E-state index contributed by atoms with van der Waals surface area (Å²) in [4.78, 5) is 27.4. The monoisotopic (exact) mass is 305 g/mol. The molecule has 1 heterocycles. The highest BCUT2D eigenvalue weighted by molar-refractivity contribution is 6.35. The van der Waals surface area contributed by atoms with E-state index in [4.69, 9.17) is 5.11 Å². The lowest BCUT2D eigenvalue weighted by molar-refractivity contribution is -0.146. The fourth-order valence-corrected chi connectivity index (χ4v) is 2.62. The lowest BCUT2D eigenvalue weighted by Gasteiger charge is -2.36. The van der Waals surface area contributed by atoms with Gasteiger partial charge in [0.15, 0.2) is 0 Å². The topological polar surface area (TPSA) is 72.9 Å². The van der Waals surface area contributed by atoms with Gasteiger partial charge in [0.2, 0.25) is 0 Å². The zero-order valence-electron chi connectivity index (χ0n) is 13.1. The molecule has 6 heteroatoms. The average Bonchev–Trinajstić information content (AvgIpc) is 2.54. The quantitative estimate of drug-likeness (QED) is 0.775. The summed E-state index contributed by atoms with van der Waals surface area (Å²) < 4.78 is 0. The predicted molar refractivity (Wildman–Crippen MR) is 84.8 cm³/mol. The molecule has 1 aliphatic heterocycles. The maximum atomic E-state index is 12.0. The van der Waals surface area contributed by atoms with Crippen LogP contribution in [-0.2, 0) is 9.59 Å². The molecule has 0 aromatic heterocycles. The van der Waals surface area contributed by atoms with Crippen LogP contribution < -0.4 is 10.2 Å².